The fourth-order valence-electron chi connectivity index (χ4n) is 3.18. The van der Waals surface area contributed by atoms with Crippen molar-refractivity contribution in [3.05, 3.63) is 64.7 Å². The predicted octanol–water partition coefficient (Wildman–Crippen LogP) is 4.51. The Balaban J connectivity index is 1.53. The highest BCUT2D eigenvalue weighted by Gasteiger charge is 2.20. The smallest absolute Gasteiger partial charge is 0.235 e. The van der Waals surface area contributed by atoms with Gasteiger partial charge in [-0.05, 0) is 30.7 Å². The Morgan fingerprint density at radius 3 is 2.67 bits per heavy atom. The molecule has 0 saturated carbocycles. The van der Waals surface area contributed by atoms with Crippen molar-refractivity contribution in [1.29, 1.82) is 0 Å². The molecule has 5 aromatic rings. The molecule has 0 N–H and O–H groups in total. The lowest BCUT2D eigenvalue weighted by atomic mass is 10.1. The number of para-hydroxylation sites is 1. The van der Waals surface area contributed by atoms with Gasteiger partial charge >= 0.3 is 0 Å². The molecule has 0 aliphatic heterocycles. The second kappa shape index (κ2) is 6.21. The molecule has 0 unspecified atom stereocenters. The van der Waals surface area contributed by atoms with E-state index in [9.17, 15) is 0 Å². The van der Waals surface area contributed by atoms with Crippen molar-refractivity contribution < 1.29 is 9.15 Å². The Labute approximate surface area is 159 Å². The first-order chi connectivity index (χ1) is 13.2. The van der Waals surface area contributed by atoms with E-state index in [1.54, 1.807) is 11.6 Å². The third-order valence-corrected chi connectivity index (χ3v) is 5.49. The van der Waals surface area contributed by atoms with Gasteiger partial charge in [-0.15, -0.1) is 10.2 Å². The van der Waals surface area contributed by atoms with Crippen LogP contribution in [0, 0.1) is 6.92 Å². The number of furan rings is 1. The number of hydrogen-bond acceptors (Lipinski definition) is 6. The van der Waals surface area contributed by atoms with Crippen LogP contribution in [0.15, 0.2) is 52.9 Å². The van der Waals surface area contributed by atoms with Crippen LogP contribution in [0.5, 0.6) is 5.75 Å². The Morgan fingerprint density at radius 1 is 1.07 bits per heavy atom. The molecule has 0 spiro atoms. The molecule has 3 aromatic heterocycles. The van der Waals surface area contributed by atoms with Crippen LogP contribution in [0.1, 0.15) is 16.1 Å². The molecule has 27 heavy (non-hydrogen) atoms. The number of aryl methyl sites for hydroxylation is 1. The van der Waals surface area contributed by atoms with Crippen molar-refractivity contribution in [2.24, 2.45) is 0 Å². The Morgan fingerprint density at radius 2 is 1.89 bits per heavy atom. The van der Waals surface area contributed by atoms with Gasteiger partial charge in [0.15, 0.2) is 5.76 Å². The summed E-state index contributed by atoms with van der Waals surface area (Å²) in [7, 11) is 1.67. The van der Waals surface area contributed by atoms with Gasteiger partial charge < -0.3 is 9.15 Å². The first-order valence-corrected chi connectivity index (χ1v) is 9.37. The standard InChI is InChI=1S/C20H16N4O2S/c1-12-15-5-3-4-6-16(15)26-18(12)19-21-22-20-24(19)23-17(27-20)11-13-7-9-14(25-2)10-8-13/h3-10H,11H2,1-2H3. The van der Waals surface area contributed by atoms with E-state index in [2.05, 4.69) is 10.2 Å². The molecule has 0 radical (unpaired) electrons. The molecule has 0 amide bonds. The summed E-state index contributed by atoms with van der Waals surface area (Å²) in [6.45, 7) is 2.03. The summed E-state index contributed by atoms with van der Waals surface area (Å²) in [5.74, 6) is 2.19. The lowest BCUT2D eigenvalue weighted by molar-refractivity contribution is 0.414. The van der Waals surface area contributed by atoms with Gasteiger partial charge in [0.25, 0.3) is 0 Å². The van der Waals surface area contributed by atoms with Gasteiger partial charge in [-0.3, -0.25) is 0 Å². The zero-order valence-electron chi connectivity index (χ0n) is 14.8. The molecule has 2 aromatic carbocycles. The number of nitrogens with zero attached hydrogens (tertiary/aromatic N) is 4. The summed E-state index contributed by atoms with van der Waals surface area (Å²) in [6.07, 6.45) is 0.733. The lowest BCUT2D eigenvalue weighted by Gasteiger charge is -2.01. The summed E-state index contributed by atoms with van der Waals surface area (Å²) in [5, 5.41) is 15.4. The zero-order chi connectivity index (χ0) is 18.4. The highest BCUT2D eigenvalue weighted by atomic mass is 32.1. The first-order valence-electron chi connectivity index (χ1n) is 8.55. The molecule has 0 saturated heterocycles. The SMILES string of the molecule is COc1ccc(Cc2nn3c(-c4oc5ccccc5c4C)nnc3s2)cc1. The molecular weight excluding hydrogens is 360 g/mol. The maximum Gasteiger partial charge on any atom is 0.235 e. The molecule has 0 fully saturated rings. The second-order valence-electron chi connectivity index (χ2n) is 6.29. The van der Waals surface area contributed by atoms with Crippen molar-refractivity contribution in [2.75, 3.05) is 7.11 Å². The van der Waals surface area contributed by atoms with Crippen LogP contribution in [0.2, 0.25) is 0 Å². The van der Waals surface area contributed by atoms with Crippen LogP contribution in [0.4, 0.5) is 0 Å². The van der Waals surface area contributed by atoms with Gasteiger partial charge in [-0.1, -0.05) is 41.7 Å². The van der Waals surface area contributed by atoms with Gasteiger partial charge in [0.05, 0.1) is 7.11 Å². The van der Waals surface area contributed by atoms with E-state index in [-0.39, 0.29) is 0 Å². The molecular formula is C20H16N4O2S. The topological polar surface area (TPSA) is 65.5 Å². The van der Waals surface area contributed by atoms with Gasteiger partial charge in [0, 0.05) is 17.4 Å². The van der Waals surface area contributed by atoms with E-state index < -0.39 is 0 Å². The van der Waals surface area contributed by atoms with Gasteiger partial charge in [0.1, 0.15) is 16.3 Å². The highest BCUT2D eigenvalue weighted by molar-refractivity contribution is 7.16. The Hall–Kier alpha value is -3.19. The van der Waals surface area contributed by atoms with Crippen LogP contribution >= 0.6 is 11.3 Å². The van der Waals surface area contributed by atoms with Gasteiger partial charge in [-0.25, -0.2) is 0 Å². The summed E-state index contributed by atoms with van der Waals surface area (Å²) in [5.41, 5.74) is 3.06. The molecule has 0 aliphatic rings. The van der Waals surface area contributed by atoms with Crippen LogP contribution in [0.25, 0.3) is 27.5 Å². The van der Waals surface area contributed by atoms with Crippen molar-refractivity contribution in [3.63, 3.8) is 0 Å². The fourth-order valence-corrected chi connectivity index (χ4v) is 4.04. The number of fused-ring (bicyclic) bond motifs is 2. The summed E-state index contributed by atoms with van der Waals surface area (Å²) < 4.78 is 13.0. The molecule has 6 nitrogen and oxygen atoms in total. The minimum absolute atomic E-state index is 0.635. The first kappa shape index (κ1) is 16.0. The van der Waals surface area contributed by atoms with Crippen LogP contribution in [0.3, 0.4) is 0 Å². The number of benzene rings is 2. The fraction of sp³-hybridized carbons (Fsp3) is 0.150. The molecule has 0 aliphatic carbocycles. The van der Waals surface area contributed by atoms with E-state index in [1.807, 2.05) is 55.5 Å². The summed E-state index contributed by atoms with van der Waals surface area (Å²) >= 11 is 1.54. The third-order valence-electron chi connectivity index (χ3n) is 4.59. The van der Waals surface area contributed by atoms with Crippen LogP contribution < -0.4 is 4.74 Å². The van der Waals surface area contributed by atoms with Crippen molar-refractivity contribution in [2.45, 2.75) is 13.3 Å². The van der Waals surface area contributed by atoms with Gasteiger partial charge in [0.2, 0.25) is 10.8 Å². The maximum absolute atomic E-state index is 6.03. The van der Waals surface area contributed by atoms with Gasteiger partial charge in [-0.2, -0.15) is 9.61 Å². The predicted molar refractivity (Wildman–Crippen MR) is 104 cm³/mol. The second-order valence-corrected chi connectivity index (χ2v) is 7.33. The number of aromatic nitrogens is 4. The van der Waals surface area contributed by atoms with Crippen molar-refractivity contribution >= 4 is 27.3 Å². The van der Waals surface area contributed by atoms with Crippen LogP contribution in [-0.4, -0.2) is 26.9 Å². The van der Waals surface area contributed by atoms with Crippen LogP contribution in [-0.2, 0) is 6.42 Å². The Kier molecular flexibility index (Phi) is 3.68. The third kappa shape index (κ3) is 2.67. The average Bonchev–Trinajstić information content (AvgIpc) is 3.36. The number of hydrogen-bond donors (Lipinski definition) is 0. The van der Waals surface area contributed by atoms with E-state index >= 15 is 0 Å². The average molecular weight is 376 g/mol. The molecule has 0 atom stereocenters. The quantitative estimate of drug-likeness (QED) is 0.462. The molecule has 5 rings (SSSR count). The largest absolute Gasteiger partial charge is 0.497 e. The Bertz CT molecular complexity index is 1250. The minimum Gasteiger partial charge on any atom is -0.497 e. The number of rotatable bonds is 4. The highest BCUT2D eigenvalue weighted by Crippen LogP contribution is 2.32. The van der Waals surface area contributed by atoms with E-state index in [1.165, 1.54) is 16.9 Å². The van der Waals surface area contributed by atoms with Crippen molar-refractivity contribution in [1.82, 2.24) is 19.8 Å². The summed E-state index contributed by atoms with van der Waals surface area (Å²) in [4.78, 5) is 0.758. The van der Waals surface area contributed by atoms with E-state index in [0.717, 1.165) is 38.7 Å². The monoisotopic (exact) mass is 376 g/mol. The molecule has 7 heteroatoms. The molecule has 0 bridgehead atoms. The molecule has 134 valence electrons. The summed E-state index contributed by atoms with van der Waals surface area (Å²) in [6, 6.07) is 16.0. The lowest BCUT2D eigenvalue weighted by Crippen LogP contribution is -1.94. The molecule has 3 heterocycles. The van der Waals surface area contributed by atoms with E-state index in [4.69, 9.17) is 14.3 Å². The normalized spacial score (nSPS) is 11.5. The zero-order valence-corrected chi connectivity index (χ0v) is 15.7. The van der Waals surface area contributed by atoms with Crippen molar-refractivity contribution in [3.8, 4) is 17.3 Å². The number of methoxy groups -OCH3 is 1. The maximum atomic E-state index is 6.03. The minimum atomic E-state index is 0.635. The number of ether oxygens (including phenoxy) is 1. The van der Waals surface area contributed by atoms with E-state index in [0.29, 0.717) is 11.6 Å².